The molecule has 0 aromatic heterocycles. The van der Waals surface area contributed by atoms with Gasteiger partial charge in [-0.15, -0.1) is 0 Å². The predicted octanol–water partition coefficient (Wildman–Crippen LogP) is 3.94. The number of hydrogen-bond acceptors (Lipinski definition) is 4. The smallest absolute Gasteiger partial charge is 0.418 e. The number of carbonyl (C=O) groups excluding carboxylic acids is 2. The van der Waals surface area contributed by atoms with Gasteiger partial charge in [-0.3, -0.25) is 4.79 Å². The fourth-order valence-corrected chi connectivity index (χ4v) is 3.71. The molecule has 1 fully saturated rings. The largest absolute Gasteiger partial charge is 0.431 e. The fraction of sp³-hybridized carbons (Fsp3) is 0.200. The van der Waals surface area contributed by atoms with E-state index in [-0.39, 0.29) is 19.0 Å². The van der Waals surface area contributed by atoms with Gasteiger partial charge in [-0.05, 0) is 16.7 Å². The molecule has 1 heterocycles. The van der Waals surface area contributed by atoms with Crippen molar-refractivity contribution in [3.8, 4) is 0 Å². The molecule has 1 aliphatic rings. The lowest BCUT2D eigenvalue weighted by atomic mass is 9.93. The van der Waals surface area contributed by atoms with E-state index in [2.05, 4.69) is 5.32 Å². The van der Waals surface area contributed by atoms with Crippen LogP contribution >= 0.6 is 0 Å². The Kier molecular flexibility index (Phi) is 5.91. The number of nitrogens with zero attached hydrogens (tertiary/aromatic N) is 1. The first-order valence-corrected chi connectivity index (χ1v) is 10.0. The van der Waals surface area contributed by atoms with Crippen LogP contribution in [0.4, 0.5) is 4.79 Å². The van der Waals surface area contributed by atoms with Gasteiger partial charge in [0.1, 0.15) is 0 Å². The Morgan fingerprint density at radius 1 is 0.733 bits per heavy atom. The van der Waals surface area contributed by atoms with Gasteiger partial charge in [-0.25, -0.2) is 9.69 Å². The van der Waals surface area contributed by atoms with Gasteiger partial charge in [0, 0.05) is 19.5 Å². The van der Waals surface area contributed by atoms with Crippen molar-refractivity contribution < 1.29 is 14.3 Å². The monoisotopic (exact) mass is 400 g/mol. The van der Waals surface area contributed by atoms with Crippen molar-refractivity contribution in [3.63, 3.8) is 0 Å². The molecule has 152 valence electrons. The van der Waals surface area contributed by atoms with E-state index in [9.17, 15) is 9.59 Å². The van der Waals surface area contributed by atoms with E-state index in [1.54, 1.807) is 0 Å². The third-order valence-corrected chi connectivity index (χ3v) is 5.24. The molecule has 5 nitrogen and oxygen atoms in total. The Morgan fingerprint density at radius 3 is 1.87 bits per heavy atom. The van der Waals surface area contributed by atoms with Gasteiger partial charge in [0.05, 0.1) is 6.54 Å². The van der Waals surface area contributed by atoms with Crippen LogP contribution in [-0.2, 0) is 29.0 Å². The van der Waals surface area contributed by atoms with Crippen LogP contribution < -0.4 is 5.32 Å². The third kappa shape index (κ3) is 4.42. The van der Waals surface area contributed by atoms with Crippen molar-refractivity contribution in [1.82, 2.24) is 10.2 Å². The molecule has 3 aromatic carbocycles. The highest BCUT2D eigenvalue weighted by Gasteiger charge is 2.53. The van der Waals surface area contributed by atoms with E-state index in [4.69, 9.17) is 4.74 Å². The molecule has 1 atom stereocenters. The number of ether oxygens (including phenoxy) is 1. The Hall–Kier alpha value is -3.44. The number of amides is 2. The Balaban J connectivity index is 1.55. The SMILES string of the molecule is O=C1O[C@@](CNCc2ccccc2)(Cc2ccccc2)C(=O)N1Cc1ccccc1. The summed E-state index contributed by atoms with van der Waals surface area (Å²) in [4.78, 5) is 27.3. The molecule has 0 bridgehead atoms. The van der Waals surface area contributed by atoms with Crippen LogP contribution in [0.15, 0.2) is 91.0 Å². The van der Waals surface area contributed by atoms with E-state index in [1.807, 2.05) is 91.0 Å². The number of rotatable bonds is 8. The first-order chi connectivity index (χ1) is 14.7. The Labute approximate surface area is 176 Å². The quantitative estimate of drug-likeness (QED) is 0.622. The first-order valence-electron chi connectivity index (χ1n) is 10.0. The molecule has 0 radical (unpaired) electrons. The summed E-state index contributed by atoms with van der Waals surface area (Å²) in [7, 11) is 0. The molecule has 3 aromatic rings. The van der Waals surface area contributed by atoms with Crippen molar-refractivity contribution in [2.75, 3.05) is 6.54 Å². The summed E-state index contributed by atoms with van der Waals surface area (Å²) in [5, 5.41) is 3.32. The summed E-state index contributed by atoms with van der Waals surface area (Å²) in [6, 6.07) is 29.1. The molecular weight excluding hydrogens is 376 g/mol. The second-order valence-electron chi connectivity index (χ2n) is 7.49. The van der Waals surface area contributed by atoms with Crippen molar-refractivity contribution >= 4 is 12.0 Å². The molecular formula is C25H24N2O3. The number of carbonyl (C=O) groups is 2. The highest BCUT2D eigenvalue weighted by atomic mass is 16.6. The van der Waals surface area contributed by atoms with Crippen LogP contribution in [0.25, 0.3) is 0 Å². The zero-order valence-electron chi connectivity index (χ0n) is 16.7. The molecule has 5 heteroatoms. The van der Waals surface area contributed by atoms with E-state index in [1.165, 1.54) is 4.90 Å². The second-order valence-corrected chi connectivity index (χ2v) is 7.49. The summed E-state index contributed by atoms with van der Waals surface area (Å²) >= 11 is 0. The predicted molar refractivity (Wildman–Crippen MR) is 114 cm³/mol. The Bertz CT molecular complexity index is 993. The average Bonchev–Trinajstić information content (AvgIpc) is 3.00. The molecule has 1 aliphatic heterocycles. The minimum absolute atomic E-state index is 0.202. The number of hydrogen-bond donors (Lipinski definition) is 1. The first kappa shape index (κ1) is 19.9. The topological polar surface area (TPSA) is 58.6 Å². The van der Waals surface area contributed by atoms with Crippen LogP contribution in [0, 0.1) is 0 Å². The minimum atomic E-state index is -1.26. The van der Waals surface area contributed by atoms with Crippen LogP contribution in [0.3, 0.4) is 0 Å². The van der Waals surface area contributed by atoms with Crippen LogP contribution in [0.1, 0.15) is 16.7 Å². The zero-order valence-corrected chi connectivity index (χ0v) is 16.7. The van der Waals surface area contributed by atoms with E-state index in [0.29, 0.717) is 13.0 Å². The van der Waals surface area contributed by atoms with E-state index >= 15 is 0 Å². The summed E-state index contributed by atoms with van der Waals surface area (Å²) in [6.45, 7) is 1.03. The summed E-state index contributed by atoms with van der Waals surface area (Å²) in [5.74, 6) is -0.305. The van der Waals surface area contributed by atoms with Crippen LogP contribution in [0.2, 0.25) is 0 Å². The van der Waals surface area contributed by atoms with Crippen LogP contribution in [0.5, 0.6) is 0 Å². The van der Waals surface area contributed by atoms with Gasteiger partial charge < -0.3 is 10.1 Å². The maximum Gasteiger partial charge on any atom is 0.418 e. The molecule has 0 unspecified atom stereocenters. The number of imide groups is 1. The summed E-state index contributed by atoms with van der Waals surface area (Å²) in [6.07, 6.45) is -0.271. The van der Waals surface area contributed by atoms with Crippen molar-refractivity contribution in [2.45, 2.75) is 25.1 Å². The number of cyclic esters (lactones) is 1. The fourth-order valence-electron chi connectivity index (χ4n) is 3.71. The van der Waals surface area contributed by atoms with Gasteiger partial charge in [0.15, 0.2) is 0 Å². The molecule has 4 rings (SSSR count). The average molecular weight is 400 g/mol. The highest BCUT2D eigenvalue weighted by Crippen LogP contribution is 2.29. The van der Waals surface area contributed by atoms with Gasteiger partial charge in [-0.2, -0.15) is 0 Å². The summed E-state index contributed by atoms with van der Waals surface area (Å²) in [5.41, 5.74) is 1.67. The minimum Gasteiger partial charge on any atom is -0.431 e. The molecule has 1 saturated heterocycles. The standard InChI is InChI=1S/C25H24N2O3/c28-23-25(16-20-10-4-1-5-11-20,19-26-17-21-12-6-2-7-13-21)30-24(29)27(23)18-22-14-8-3-9-15-22/h1-15,26H,16-19H2/t25-/m1/s1. The molecule has 1 N–H and O–H groups in total. The molecule has 30 heavy (non-hydrogen) atoms. The van der Waals surface area contributed by atoms with Gasteiger partial charge in [0.2, 0.25) is 5.60 Å². The number of nitrogens with one attached hydrogen (secondary N) is 1. The molecule has 2 amide bonds. The maximum absolute atomic E-state index is 13.4. The van der Waals surface area contributed by atoms with E-state index in [0.717, 1.165) is 16.7 Å². The van der Waals surface area contributed by atoms with Crippen LogP contribution in [-0.4, -0.2) is 29.0 Å². The van der Waals surface area contributed by atoms with Gasteiger partial charge in [0.25, 0.3) is 5.91 Å². The molecule has 0 aliphatic carbocycles. The third-order valence-electron chi connectivity index (χ3n) is 5.24. The normalized spacial score (nSPS) is 18.5. The number of benzene rings is 3. The zero-order chi connectivity index (χ0) is 20.8. The van der Waals surface area contributed by atoms with Gasteiger partial charge in [-0.1, -0.05) is 91.0 Å². The highest BCUT2D eigenvalue weighted by molar-refractivity contribution is 6.03. The lowest BCUT2D eigenvalue weighted by Gasteiger charge is -2.26. The lowest BCUT2D eigenvalue weighted by molar-refractivity contribution is -0.137. The molecule has 0 saturated carbocycles. The summed E-state index contributed by atoms with van der Waals surface area (Å²) < 4.78 is 5.76. The lowest BCUT2D eigenvalue weighted by Crippen LogP contribution is -2.50. The van der Waals surface area contributed by atoms with E-state index < -0.39 is 11.7 Å². The second kappa shape index (κ2) is 8.93. The van der Waals surface area contributed by atoms with Crippen molar-refractivity contribution in [2.24, 2.45) is 0 Å². The Morgan fingerprint density at radius 2 is 1.27 bits per heavy atom. The van der Waals surface area contributed by atoms with Crippen molar-refractivity contribution in [3.05, 3.63) is 108 Å². The van der Waals surface area contributed by atoms with Gasteiger partial charge >= 0.3 is 6.09 Å². The van der Waals surface area contributed by atoms with Crippen molar-refractivity contribution in [1.29, 1.82) is 0 Å². The maximum atomic E-state index is 13.4. The molecule has 0 spiro atoms.